The summed E-state index contributed by atoms with van der Waals surface area (Å²) in [6.45, 7) is 2.03. The van der Waals surface area contributed by atoms with E-state index in [9.17, 15) is 0 Å². The molecule has 1 rings (SSSR count). The van der Waals surface area contributed by atoms with Gasteiger partial charge in [-0.1, -0.05) is 6.92 Å². The molecule has 0 aliphatic carbocycles. The van der Waals surface area contributed by atoms with Crippen LogP contribution in [0.1, 0.15) is 5.56 Å². The molecule has 0 nitrogen and oxygen atoms in total. The van der Waals surface area contributed by atoms with E-state index in [2.05, 4.69) is 6.07 Å². The van der Waals surface area contributed by atoms with Crippen molar-refractivity contribution in [3.05, 3.63) is 43.3 Å². The van der Waals surface area contributed by atoms with Crippen LogP contribution >= 0.6 is 0 Å². The van der Waals surface area contributed by atoms with Crippen LogP contribution in [-0.2, 0) is 0 Å². The first-order chi connectivity index (χ1) is 3.39. The van der Waals surface area contributed by atoms with Crippen LogP contribution in [0.2, 0.25) is 0 Å². The maximum absolute atomic E-state index is 3.03. The van der Waals surface area contributed by atoms with Crippen LogP contribution in [0.25, 0.3) is 0 Å². The predicted molar refractivity (Wildman–Crippen MR) is 36.4 cm³/mol. The molecule has 0 fully saturated rings. The van der Waals surface area contributed by atoms with Gasteiger partial charge in [0.25, 0.3) is 0 Å². The second kappa shape index (κ2) is 6.39. The van der Waals surface area contributed by atoms with Crippen molar-refractivity contribution in [2.45, 2.75) is 6.92 Å². The minimum Gasteiger partial charge on any atom is -0.358 e. The van der Waals surface area contributed by atoms with Gasteiger partial charge in [0.1, 0.15) is 0 Å². The molecule has 1 aromatic carbocycles. The molecule has 46 valence electrons. The summed E-state index contributed by atoms with van der Waals surface area (Å²) in [5, 5.41) is 0. The van der Waals surface area contributed by atoms with E-state index in [4.69, 9.17) is 0 Å². The molecule has 0 bridgehead atoms. The van der Waals surface area contributed by atoms with Crippen LogP contribution in [0.5, 0.6) is 0 Å². The number of aryl methyl sites for hydroxylation is 1. The molecule has 9 heavy (non-hydrogen) atoms. The fraction of sp³-hybridized carbons (Fsp3) is 0.125. The molecular formula is C8H10U. The van der Waals surface area contributed by atoms with Crippen LogP contribution in [0.15, 0.2) is 24.3 Å². The molecule has 0 amide bonds. The minimum absolute atomic E-state index is 0. The maximum Gasteiger partial charge on any atom is 2.00 e. The Balaban J connectivity index is 0. The largest absolute Gasteiger partial charge is 2.00 e. The predicted octanol–water partition coefficient (Wildman–Crippen LogP) is 2.25. The molecule has 0 heterocycles. The summed E-state index contributed by atoms with van der Waals surface area (Å²) in [5.41, 5.74) is 1.20. The van der Waals surface area contributed by atoms with Gasteiger partial charge < -0.3 is 7.43 Å². The van der Waals surface area contributed by atoms with Gasteiger partial charge in [-0.3, -0.25) is 0 Å². The Labute approximate surface area is 81.0 Å². The van der Waals surface area contributed by atoms with Gasteiger partial charge in [-0.05, 0) is 0 Å². The molecule has 0 unspecified atom stereocenters. The summed E-state index contributed by atoms with van der Waals surface area (Å²) in [4.78, 5) is 0. The smallest absolute Gasteiger partial charge is 0.358 e. The Hall–Kier alpha value is 0.272. The second-order valence-corrected chi connectivity index (χ2v) is 1.55. The van der Waals surface area contributed by atoms with Gasteiger partial charge in [0.2, 0.25) is 0 Å². The first-order valence-corrected chi connectivity index (χ1v) is 2.33. The van der Waals surface area contributed by atoms with Crippen LogP contribution in [0.3, 0.4) is 0 Å². The van der Waals surface area contributed by atoms with Crippen molar-refractivity contribution in [3.8, 4) is 0 Å². The first-order valence-electron chi connectivity index (χ1n) is 2.33. The van der Waals surface area contributed by atoms with E-state index in [0.717, 1.165) is 0 Å². The molecule has 1 aromatic rings. The van der Waals surface area contributed by atoms with Crippen LogP contribution in [0, 0.1) is 51.5 Å². The minimum atomic E-state index is 0. The van der Waals surface area contributed by atoms with Crippen molar-refractivity contribution in [2.24, 2.45) is 0 Å². The van der Waals surface area contributed by atoms with Crippen molar-refractivity contribution in [3.63, 3.8) is 0 Å². The average molecular weight is 344 g/mol. The molecule has 0 N–H and O–H groups in total. The first kappa shape index (κ1) is 12.0. The van der Waals surface area contributed by atoms with E-state index in [-0.39, 0.29) is 38.5 Å². The Morgan fingerprint density at radius 2 is 2.00 bits per heavy atom. The van der Waals surface area contributed by atoms with Gasteiger partial charge in [0, 0.05) is 0 Å². The monoisotopic (exact) mass is 344 g/mol. The van der Waals surface area contributed by atoms with E-state index in [1.165, 1.54) is 5.56 Å². The average Bonchev–Trinajstić information content (AvgIpc) is 1.69. The zero-order valence-electron chi connectivity index (χ0n) is 5.81. The van der Waals surface area contributed by atoms with Crippen LogP contribution in [-0.4, -0.2) is 0 Å². The SMILES string of the molecule is Cc1[c-]cccc1.[CH3-].[U+2]. The third-order valence-corrected chi connectivity index (χ3v) is 0.865. The maximum atomic E-state index is 3.03. The van der Waals surface area contributed by atoms with Crippen molar-refractivity contribution < 1.29 is 31.1 Å². The third kappa shape index (κ3) is 4.76. The van der Waals surface area contributed by atoms with Crippen molar-refractivity contribution in [1.82, 2.24) is 0 Å². The van der Waals surface area contributed by atoms with E-state index >= 15 is 0 Å². The van der Waals surface area contributed by atoms with Gasteiger partial charge in [0.15, 0.2) is 0 Å². The van der Waals surface area contributed by atoms with Crippen molar-refractivity contribution in [1.29, 1.82) is 0 Å². The van der Waals surface area contributed by atoms with E-state index in [1.54, 1.807) is 0 Å². The Morgan fingerprint density at radius 1 is 1.33 bits per heavy atom. The van der Waals surface area contributed by atoms with Crippen LogP contribution < -0.4 is 0 Å². The zero-order valence-corrected chi connectivity index (χ0v) is 9.97. The number of hydrogen-bond acceptors (Lipinski definition) is 0. The molecule has 0 saturated heterocycles. The topological polar surface area (TPSA) is 0 Å². The molecule has 0 atom stereocenters. The van der Waals surface area contributed by atoms with Crippen molar-refractivity contribution in [2.75, 3.05) is 0 Å². The summed E-state index contributed by atoms with van der Waals surface area (Å²) in [6.07, 6.45) is 0. The summed E-state index contributed by atoms with van der Waals surface area (Å²) in [6, 6.07) is 10.9. The van der Waals surface area contributed by atoms with Gasteiger partial charge in [0.05, 0.1) is 0 Å². The van der Waals surface area contributed by atoms with E-state index in [0.29, 0.717) is 0 Å². The fourth-order valence-corrected chi connectivity index (χ4v) is 0.483. The molecule has 0 radical (unpaired) electrons. The summed E-state index contributed by atoms with van der Waals surface area (Å²) in [7, 11) is 0. The summed E-state index contributed by atoms with van der Waals surface area (Å²) < 4.78 is 0. The molecule has 0 saturated carbocycles. The van der Waals surface area contributed by atoms with E-state index in [1.807, 2.05) is 31.2 Å². The van der Waals surface area contributed by atoms with Crippen molar-refractivity contribution >= 4 is 0 Å². The van der Waals surface area contributed by atoms with Gasteiger partial charge >= 0.3 is 31.1 Å². The molecule has 1 heteroatoms. The molecule has 0 aliphatic rings. The van der Waals surface area contributed by atoms with Crippen LogP contribution in [0.4, 0.5) is 0 Å². The molecule has 0 aliphatic heterocycles. The standard InChI is InChI=1S/C7H7.CH3.U/c1-7-5-3-2-4-6-7;;/h2-5H,1H3;1H3;/q2*-1;+2. The number of rotatable bonds is 0. The normalized spacial score (nSPS) is 6.78. The fourth-order valence-electron chi connectivity index (χ4n) is 0.483. The number of benzene rings is 1. The quantitative estimate of drug-likeness (QED) is 0.634. The molecule has 0 spiro atoms. The number of hydrogen-bond donors (Lipinski definition) is 0. The van der Waals surface area contributed by atoms with Gasteiger partial charge in [-0.15, -0.1) is 0 Å². The third-order valence-electron chi connectivity index (χ3n) is 0.865. The molecular weight excluding hydrogens is 334 g/mol. The van der Waals surface area contributed by atoms with E-state index < -0.39 is 0 Å². The molecule has 0 aromatic heterocycles. The van der Waals surface area contributed by atoms with Gasteiger partial charge in [-0.2, -0.15) is 35.9 Å². The summed E-state index contributed by atoms with van der Waals surface area (Å²) in [5.74, 6) is 0. The Bertz CT molecular complexity index is 134. The Morgan fingerprint density at radius 3 is 2.22 bits per heavy atom. The Kier molecular flexibility index (Phi) is 8.52. The van der Waals surface area contributed by atoms with Gasteiger partial charge in [-0.25, -0.2) is 0 Å². The second-order valence-electron chi connectivity index (χ2n) is 1.55. The summed E-state index contributed by atoms with van der Waals surface area (Å²) >= 11 is 0. The zero-order chi connectivity index (χ0) is 5.11.